The summed E-state index contributed by atoms with van der Waals surface area (Å²) in [5.41, 5.74) is 2.72. The van der Waals surface area contributed by atoms with E-state index in [1.807, 2.05) is 25.1 Å². The molecule has 4 heteroatoms. The summed E-state index contributed by atoms with van der Waals surface area (Å²) in [7, 11) is 0. The molecule has 84 valence electrons. The highest BCUT2D eigenvalue weighted by Gasteiger charge is 2.10. The van der Waals surface area contributed by atoms with Gasteiger partial charge in [0.25, 0.3) is 5.91 Å². The normalized spacial score (nSPS) is 10.9. The summed E-state index contributed by atoms with van der Waals surface area (Å²) in [5, 5.41) is 1.05. The first-order chi connectivity index (χ1) is 8.24. The van der Waals surface area contributed by atoms with Crippen LogP contribution in [0.15, 0.2) is 43.0 Å². The van der Waals surface area contributed by atoms with Crippen LogP contribution in [0, 0.1) is 6.92 Å². The summed E-state index contributed by atoms with van der Waals surface area (Å²) in [5.74, 6) is -0.101. The Kier molecular flexibility index (Phi) is 2.08. The average molecular weight is 225 g/mol. The molecule has 0 unspecified atom stereocenters. The van der Waals surface area contributed by atoms with Gasteiger partial charge in [0.2, 0.25) is 0 Å². The van der Waals surface area contributed by atoms with Crippen LogP contribution in [0.4, 0.5) is 0 Å². The van der Waals surface area contributed by atoms with Crippen molar-refractivity contribution < 1.29 is 4.79 Å². The lowest BCUT2D eigenvalue weighted by molar-refractivity contribution is 0.0955. The summed E-state index contributed by atoms with van der Waals surface area (Å²) < 4.78 is 1.46. The molecule has 4 nitrogen and oxygen atoms in total. The van der Waals surface area contributed by atoms with Crippen molar-refractivity contribution in [3.63, 3.8) is 0 Å². The quantitative estimate of drug-likeness (QED) is 0.691. The van der Waals surface area contributed by atoms with Crippen LogP contribution >= 0.6 is 0 Å². The smallest absolute Gasteiger partial charge is 0.279 e. The molecule has 0 radical (unpaired) electrons. The number of aromatic nitrogens is 3. The number of aryl methyl sites for hydroxylation is 1. The van der Waals surface area contributed by atoms with Crippen LogP contribution in [0.3, 0.4) is 0 Å². The second kappa shape index (κ2) is 3.59. The summed E-state index contributed by atoms with van der Waals surface area (Å²) >= 11 is 0. The van der Waals surface area contributed by atoms with Crippen LogP contribution in [0.5, 0.6) is 0 Å². The third kappa shape index (κ3) is 1.63. The molecule has 0 aliphatic rings. The Bertz CT molecular complexity index is 680. The number of nitrogens with zero attached hydrogens (tertiary/aromatic N) is 2. The first-order valence-electron chi connectivity index (χ1n) is 5.36. The summed E-state index contributed by atoms with van der Waals surface area (Å²) in [6, 6.07) is 7.92. The van der Waals surface area contributed by atoms with Crippen molar-refractivity contribution in [1.82, 2.24) is 14.5 Å². The maximum absolute atomic E-state index is 12.1. The lowest BCUT2D eigenvalue weighted by Crippen LogP contribution is -2.09. The standard InChI is InChI=1S/C13H11N3O/c1-9-2-3-11-10(6-9)7-12(15-11)13(17)16-5-4-14-8-16/h2-8,15H,1H3. The Labute approximate surface area is 97.9 Å². The SMILES string of the molecule is Cc1ccc2[nH]c(C(=O)n3ccnc3)cc2c1. The Morgan fingerprint density at radius 1 is 1.35 bits per heavy atom. The summed E-state index contributed by atoms with van der Waals surface area (Å²) in [6.07, 6.45) is 4.73. The molecule has 0 aliphatic heterocycles. The van der Waals surface area contributed by atoms with Crippen LogP contribution in [-0.2, 0) is 0 Å². The minimum Gasteiger partial charge on any atom is -0.351 e. The third-order valence-corrected chi connectivity index (χ3v) is 2.75. The Morgan fingerprint density at radius 3 is 3.00 bits per heavy atom. The van der Waals surface area contributed by atoms with Crippen molar-refractivity contribution in [2.45, 2.75) is 6.92 Å². The monoisotopic (exact) mass is 225 g/mol. The van der Waals surface area contributed by atoms with Gasteiger partial charge in [-0.3, -0.25) is 9.36 Å². The molecular formula is C13H11N3O. The maximum atomic E-state index is 12.1. The molecule has 0 saturated heterocycles. The van der Waals surface area contributed by atoms with Gasteiger partial charge < -0.3 is 4.98 Å². The Balaban J connectivity index is 2.09. The number of H-pyrrole nitrogens is 1. The van der Waals surface area contributed by atoms with Crippen LogP contribution in [0.1, 0.15) is 16.1 Å². The fraction of sp³-hybridized carbons (Fsp3) is 0.0769. The number of benzene rings is 1. The number of fused-ring (bicyclic) bond motifs is 1. The second-order valence-corrected chi connectivity index (χ2v) is 4.05. The topological polar surface area (TPSA) is 50.7 Å². The van der Waals surface area contributed by atoms with Crippen LogP contribution < -0.4 is 0 Å². The van der Waals surface area contributed by atoms with E-state index >= 15 is 0 Å². The second-order valence-electron chi connectivity index (χ2n) is 4.05. The lowest BCUT2D eigenvalue weighted by atomic mass is 10.2. The van der Waals surface area contributed by atoms with Crippen molar-refractivity contribution in [2.24, 2.45) is 0 Å². The van der Waals surface area contributed by atoms with E-state index in [2.05, 4.69) is 16.0 Å². The van der Waals surface area contributed by atoms with Gasteiger partial charge in [-0.05, 0) is 25.1 Å². The lowest BCUT2D eigenvalue weighted by Gasteiger charge is -1.96. The largest absolute Gasteiger partial charge is 0.351 e. The molecule has 1 aromatic carbocycles. The zero-order valence-electron chi connectivity index (χ0n) is 9.34. The molecule has 1 N–H and O–H groups in total. The third-order valence-electron chi connectivity index (χ3n) is 2.75. The molecule has 3 rings (SSSR count). The number of carbonyl (C=O) groups excluding carboxylic acids is 1. The van der Waals surface area contributed by atoms with E-state index in [0.29, 0.717) is 5.69 Å². The predicted octanol–water partition coefficient (Wildman–Crippen LogP) is 2.36. The van der Waals surface area contributed by atoms with E-state index in [4.69, 9.17) is 0 Å². The highest BCUT2D eigenvalue weighted by molar-refractivity contribution is 5.99. The van der Waals surface area contributed by atoms with Gasteiger partial charge in [0, 0.05) is 23.3 Å². The molecule has 0 bridgehead atoms. The van der Waals surface area contributed by atoms with Gasteiger partial charge in [-0.15, -0.1) is 0 Å². The summed E-state index contributed by atoms with van der Waals surface area (Å²) in [4.78, 5) is 19.0. The molecule has 0 saturated carbocycles. The molecule has 0 fully saturated rings. The molecular weight excluding hydrogens is 214 g/mol. The molecule has 0 atom stereocenters. The summed E-state index contributed by atoms with van der Waals surface area (Å²) in [6.45, 7) is 2.03. The number of hydrogen-bond acceptors (Lipinski definition) is 2. The zero-order chi connectivity index (χ0) is 11.8. The Morgan fingerprint density at radius 2 is 2.24 bits per heavy atom. The van der Waals surface area contributed by atoms with Crippen LogP contribution in [-0.4, -0.2) is 20.4 Å². The Hall–Kier alpha value is -2.36. The van der Waals surface area contributed by atoms with Crippen LogP contribution in [0.25, 0.3) is 10.9 Å². The fourth-order valence-corrected chi connectivity index (χ4v) is 1.89. The van der Waals surface area contributed by atoms with E-state index < -0.39 is 0 Å². The first-order valence-corrected chi connectivity index (χ1v) is 5.36. The minimum atomic E-state index is -0.101. The van der Waals surface area contributed by atoms with Gasteiger partial charge in [0.15, 0.2) is 0 Å². The van der Waals surface area contributed by atoms with Gasteiger partial charge in [-0.25, -0.2) is 4.98 Å². The molecule has 0 aliphatic carbocycles. The molecule has 0 spiro atoms. The average Bonchev–Trinajstić information content (AvgIpc) is 2.96. The zero-order valence-corrected chi connectivity index (χ0v) is 9.34. The number of imidazole rings is 1. The van der Waals surface area contributed by atoms with Crippen molar-refractivity contribution in [2.75, 3.05) is 0 Å². The number of aromatic amines is 1. The number of nitrogens with one attached hydrogen (secondary N) is 1. The molecule has 2 heterocycles. The van der Waals surface area contributed by atoms with E-state index in [9.17, 15) is 4.79 Å². The number of rotatable bonds is 1. The van der Waals surface area contributed by atoms with E-state index in [1.165, 1.54) is 16.5 Å². The van der Waals surface area contributed by atoms with E-state index in [1.54, 1.807) is 12.4 Å². The van der Waals surface area contributed by atoms with E-state index in [0.717, 1.165) is 10.9 Å². The van der Waals surface area contributed by atoms with Crippen molar-refractivity contribution in [3.8, 4) is 0 Å². The highest BCUT2D eigenvalue weighted by Crippen LogP contribution is 2.17. The van der Waals surface area contributed by atoms with Gasteiger partial charge >= 0.3 is 0 Å². The predicted molar refractivity (Wildman–Crippen MR) is 65.0 cm³/mol. The maximum Gasteiger partial charge on any atom is 0.279 e. The van der Waals surface area contributed by atoms with Crippen molar-refractivity contribution in [3.05, 3.63) is 54.2 Å². The molecule has 17 heavy (non-hydrogen) atoms. The fourth-order valence-electron chi connectivity index (χ4n) is 1.89. The van der Waals surface area contributed by atoms with Crippen LogP contribution in [0.2, 0.25) is 0 Å². The molecule has 3 aromatic rings. The number of carbonyl (C=O) groups is 1. The molecule has 2 aromatic heterocycles. The first kappa shape index (κ1) is 9.84. The van der Waals surface area contributed by atoms with Gasteiger partial charge in [0.05, 0.1) is 0 Å². The minimum absolute atomic E-state index is 0.101. The van der Waals surface area contributed by atoms with Crippen molar-refractivity contribution >= 4 is 16.8 Å². The number of hydrogen-bond donors (Lipinski definition) is 1. The van der Waals surface area contributed by atoms with Crippen molar-refractivity contribution in [1.29, 1.82) is 0 Å². The van der Waals surface area contributed by atoms with Gasteiger partial charge in [0.1, 0.15) is 12.0 Å². The van der Waals surface area contributed by atoms with E-state index in [-0.39, 0.29) is 5.91 Å². The highest BCUT2D eigenvalue weighted by atomic mass is 16.2. The van der Waals surface area contributed by atoms with Gasteiger partial charge in [-0.1, -0.05) is 11.6 Å². The molecule has 0 amide bonds. The van der Waals surface area contributed by atoms with Gasteiger partial charge in [-0.2, -0.15) is 0 Å².